The van der Waals surface area contributed by atoms with Crippen LogP contribution in [0.1, 0.15) is 20.7 Å². The molecule has 0 aromatic heterocycles. The summed E-state index contributed by atoms with van der Waals surface area (Å²) >= 11 is 5.24. The Morgan fingerprint density at radius 2 is 1.67 bits per heavy atom. The van der Waals surface area contributed by atoms with Crippen molar-refractivity contribution in [2.75, 3.05) is 13.0 Å². The van der Waals surface area contributed by atoms with E-state index in [1.54, 1.807) is 0 Å². The Labute approximate surface area is 108 Å². The van der Waals surface area contributed by atoms with Crippen LogP contribution in [0.5, 0.6) is 0 Å². The van der Waals surface area contributed by atoms with E-state index < -0.39 is 17.8 Å². The fraction of sp³-hybridized carbons (Fsp3) is 0.182. The van der Waals surface area contributed by atoms with Crippen LogP contribution in [0.2, 0.25) is 0 Å². The van der Waals surface area contributed by atoms with E-state index in [2.05, 4.69) is 15.6 Å². The maximum Gasteiger partial charge on any atom is 0.337 e. The van der Waals surface area contributed by atoms with Gasteiger partial charge in [-0.25, -0.2) is 4.79 Å². The van der Waals surface area contributed by atoms with E-state index in [0.29, 0.717) is 5.56 Å². The fourth-order valence-corrected chi connectivity index (χ4v) is 1.17. The first-order valence-corrected chi connectivity index (χ1v) is 5.45. The molecule has 0 bridgehead atoms. The van der Waals surface area contributed by atoms with Crippen molar-refractivity contribution in [2.45, 2.75) is 0 Å². The second-order valence-electron chi connectivity index (χ2n) is 3.20. The minimum Gasteiger partial charge on any atom is -0.465 e. The molecule has 1 rings (SSSR count). The second kappa shape index (κ2) is 6.61. The molecule has 0 saturated heterocycles. The zero-order valence-electron chi connectivity index (χ0n) is 9.53. The number of hydrogen-bond acceptors (Lipinski definition) is 4. The van der Waals surface area contributed by atoms with Gasteiger partial charge in [0.2, 0.25) is 0 Å². The lowest BCUT2D eigenvalue weighted by Gasteiger charge is -2.06. The number of benzene rings is 1. The maximum absolute atomic E-state index is 11.5. The second-order valence-corrected chi connectivity index (χ2v) is 3.47. The molecule has 0 spiro atoms. The van der Waals surface area contributed by atoms with Gasteiger partial charge in [0.15, 0.2) is 0 Å². The predicted molar refractivity (Wildman–Crippen MR) is 64.1 cm³/mol. The standard InChI is InChI=1S/C11H11ClN2O4/c1-18-11(17)8-4-2-7(3-5-8)10(16)14-13-9(15)6-12/h2-5H,6H2,1H3,(H,13,15)(H,14,16). The minimum atomic E-state index is -0.517. The van der Waals surface area contributed by atoms with Gasteiger partial charge < -0.3 is 4.74 Å². The van der Waals surface area contributed by atoms with Crippen LogP contribution in [0.25, 0.3) is 0 Å². The molecule has 7 heteroatoms. The molecule has 2 amide bonds. The zero-order valence-corrected chi connectivity index (χ0v) is 10.3. The average molecular weight is 271 g/mol. The molecule has 0 heterocycles. The molecular formula is C11H11ClN2O4. The molecule has 0 aliphatic rings. The van der Waals surface area contributed by atoms with Crippen molar-refractivity contribution in [2.24, 2.45) is 0 Å². The summed E-state index contributed by atoms with van der Waals surface area (Å²) in [6.45, 7) is 0. The van der Waals surface area contributed by atoms with Gasteiger partial charge in [-0.2, -0.15) is 0 Å². The number of carbonyl (C=O) groups is 3. The molecule has 6 nitrogen and oxygen atoms in total. The molecular weight excluding hydrogens is 260 g/mol. The van der Waals surface area contributed by atoms with Crippen LogP contribution in [0.15, 0.2) is 24.3 Å². The van der Waals surface area contributed by atoms with Crippen LogP contribution in [0.3, 0.4) is 0 Å². The van der Waals surface area contributed by atoms with E-state index in [4.69, 9.17) is 11.6 Å². The minimum absolute atomic E-state index is 0.248. The van der Waals surface area contributed by atoms with Gasteiger partial charge in [0.1, 0.15) is 5.88 Å². The number of halogens is 1. The first-order valence-electron chi connectivity index (χ1n) is 4.92. The molecule has 1 aromatic carbocycles. The van der Waals surface area contributed by atoms with Gasteiger partial charge >= 0.3 is 5.97 Å². The van der Waals surface area contributed by atoms with E-state index in [1.165, 1.54) is 31.4 Å². The Morgan fingerprint density at radius 1 is 1.11 bits per heavy atom. The number of carbonyl (C=O) groups excluding carboxylic acids is 3. The van der Waals surface area contributed by atoms with Crippen molar-refractivity contribution in [1.82, 2.24) is 10.9 Å². The lowest BCUT2D eigenvalue weighted by Crippen LogP contribution is -2.42. The molecule has 0 unspecified atom stereocenters. The summed E-state index contributed by atoms with van der Waals surface area (Å²) < 4.78 is 4.52. The molecule has 0 saturated carbocycles. The van der Waals surface area contributed by atoms with E-state index in [0.717, 1.165) is 0 Å². The Bertz CT molecular complexity index is 459. The van der Waals surface area contributed by atoms with Crippen LogP contribution >= 0.6 is 11.6 Å². The third-order valence-corrected chi connectivity index (χ3v) is 2.25. The highest BCUT2D eigenvalue weighted by atomic mass is 35.5. The molecule has 96 valence electrons. The normalized spacial score (nSPS) is 9.44. The lowest BCUT2D eigenvalue weighted by atomic mass is 10.1. The summed E-state index contributed by atoms with van der Waals surface area (Å²) in [4.78, 5) is 33.5. The average Bonchev–Trinajstić information content (AvgIpc) is 2.43. The number of esters is 1. The Kier molecular flexibility index (Phi) is 5.13. The van der Waals surface area contributed by atoms with E-state index in [9.17, 15) is 14.4 Å². The number of hydrogen-bond donors (Lipinski definition) is 2. The lowest BCUT2D eigenvalue weighted by molar-refractivity contribution is -0.119. The van der Waals surface area contributed by atoms with Crippen LogP contribution in [0.4, 0.5) is 0 Å². The number of alkyl halides is 1. The van der Waals surface area contributed by atoms with Crippen molar-refractivity contribution in [3.05, 3.63) is 35.4 Å². The summed E-state index contributed by atoms with van der Waals surface area (Å²) in [7, 11) is 1.27. The van der Waals surface area contributed by atoms with Crippen molar-refractivity contribution in [3.63, 3.8) is 0 Å². The van der Waals surface area contributed by atoms with Gasteiger partial charge in [-0.05, 0) is 24.3 Å². The van der Waals surface area contributed by atoms with Crippen molar-refractivity contribution >= 4 is 29.4 Å². The van der Waals surface area contributed by atoms with Crippen LogP contribution in [0, 0.1) is 0 Å². The van der Waals surface area contributed by atoms with E-state index in [-0.39, 0.29) is 11.4 Å². The van der Waals surface area contributed by atoms with Crippen molar-refractivity contribution < 1.29 is 19.1 Å². The van der Waals surface area contributed by atoms with Gasteiger partial charge in [-0.15, -0.1) is 11.6 Å². The molecule has 0 radical (unpaired) electrons. The third kappa shape index (κ3) is 3.74. The fourth-order valence-electron chi connectivity index (χ4n) is 1.11. The maximum atomic E-state index is 11.5. The topological polar surface area (TPSA) is 84.5 Å². The molecule has 18 heavy (non-hydrogen) atoms. The van der Waals surface area contributed by atoms with Crippen LogP contribution in [-0.4, -0.2) is 30.8 Å². The Hall–Kier alpha value is -2.08. The summed E-state index contributed by atoms with van der Waals surface area (Å²) in [6.07, 6.45) is 0. The molecule has 0 fully saturated rings. The SMILES string of the molecule is COC(=O)c1ccc(C(=O)NNC(=O)CCl)cc1. The number of nitrogens with one attached hydrogen (secondary N) is 2. The number of methoxy groups -OCH3 is 1. The Balaban J connectivity index is 2.64. The predicted octanol–water partition coefficient (Wildman–Crippen LogP) is 0.473. The molecule has 1 aromatic rings. The van der Waals surface area contributed by atoms with Gasteiger partial charge in [-0.1, -0.05) is 0 Å². The van der Waals surface area contributed by atoms with Crippen molar-refractivity contribution in [3.8, 4) is 0 Å². The van der Waals surface area contributed by atoms with Gasteiger partial charge in [0, 0.05) is 5.56 Å². The monoisotopic (exact) mass is 270 g/mol. The van der Waals surface area contributed by atoms with Gasteiger partial charge in [0.05, 0.1) is 12.7 Å². The molecule has 2 N–H and O–H groups in total. The highest BCUT2D eigenvalue weighted by Crippen LogP contribution is 2.05. The first kappa shape index (κ1) is 14.0. The van der Waals surface area contributed by atoms with E-state index in [1.807, 2.05) is 0 Å². The first-order chi connectivity index (χ1) is 8.58. The third-order valence-electron chi connectivity index (χ3n) is 2.01. The Morgan fingerprint density at radius 3 is 2.17 bits per heavy atom. The largest absolute Gasteiger partial charge is 0.465 e. The summed E-state index contributed by atoms with van der Waals surface area (Å²) in [5.41, 5.74) is 4.91. The van der Waals surface area contributed by atoms with Crippen LogP contribution in [-0.2, 0) is 9.53 Å². The molecule has 0 aliphatic carbocycles. The number of rotatable bonds is 3. The zero-order chi connectivity index (χ0) is 13.5. The highest BCUT2D eigenvalue weighted by Gasteiger charge is 2.09. The van der Waals surface area contributed by atoms with Gasteiger partial charge in [0.25, 0.3) is 11.8 Å². The highest BCUT2D eigenvalue weighted by molar-refractivity contribution is 6.27. The molecule has 0 atom stereocenters. The number of ether oxygens (including phenoxy) is 1. The summed E-state index contributed by atoms with van der Waals surface area (Å²) in [5.74, 6) is -1.76. The summed E-state index contributed by atoms with van der Waals surface area (Å²) in [5, 5.41) is 0. The number of amides is 2. The van der Waals surface area contributed by atoms with Crippen molar-refractivity contribution in [1.29, 1.82) is 0 Å². The van der Waals surface area contributed by atoms with E-state index >= 15 is 0 Å². The number of hydrazine groups is 1. The quantitative estimate of drug-likeness (QED) is 0.475. The van der Waals surface area contributed by atoms with Crippen LogP contribution < -0.4 is 10.9 Å². The smallest absolute Gasteiger partial charge is 0.337 e. The van der Waals surface area contributed by atoms with Gasteiger partial charge in [-0.3, -0.25) is 20.4 Å². The molecule has 0 aliphatic heterocycles. The summed E-state index contributed by atoms with van der Waals surface area (Å²) in [6, 6.07) is 5.77.